The molecular weight excluding hydrogens is 1600 g/mol. The first-order valence-corrected chi connectivity index (χ1v) is 38.5. The van der Waals surface area contributed by atoms with Crippen LogP contribution in [0.2, 0.25) is 10.0 Å². The number of nitrogens with zero attached hydrogens (tertiary/aromatic N) is 1. The minimum atomic E-state index is -2.35. The zero-order valence-electron chi connectivity index (χ0n) is 62.2. The summed E-state index contributed by atoms with van der Waals surface area (Å²) in [5.74, 6) is -15.9. The van der Waals surface area contributed by atoms with Crippen LogP contribution in [0.3, 0.4) is 0 Å². The van der Waals surface area contributed by atoms with Crippen LogP contribution >= 0.6 is 35.0 Å². The Labute approximate surface area is 687 Å². The van der Waals surface area contributed by atoms with Gasteiger partial charge < -0.3 is 116 Å². The maximum atomic E-state index is 16.5. The molecule has 608 valence electrons. The molecule has 34 heteroatoms. The second kappa shape index (κ2) is 32.3. The minimum Gasteiger partial charge on any atom is -0.508 e. The number of phenols is 6. The van der Waals surface area contributed by atoms with Gasteiger partial charge in [-0.1, -0.05) is 102 Å². The van der Waals surface area contributed by atoms with E-state index in [0.717, 1.165) is 95.8 Å². The van der Waals surface area contributed by atoms with Gasteiger partial charge in [-0.2, -0.15) is 0 Å². The van der Waals surface area contributed by atoms with E-state index in [0.29, 0.717) is 10.4 Å². The summed E-state index contributed by atoms with van der Waals surface area (Å²) in [5.41, 5.74) is -2.10. The molecular formula is C85H70Cl2N8O23S. The summed E-state index contributed by atoms with van der Waals surface area (Å²) in [6, 6.07) is 27.6. The lowest BCUT2D eigenvalue weighted by Gasteiger charge is -2.44. The number of nitrogens with one attached hydrogen (secondary N) is 7. The topological polar surface area (TPSA) is 463 Å². The molecule has 1 saturated heterocycles. The van der Waals surface area contributed by atoms with E-state index >= 15 is 28.8 Å². The molecule has 0 spiro atoms. The average Bonchev–Trinajstić information content (AvgIpc) is 1.65. The van der Waals surface area contributed by atoms with E-state index in [4.69, 9.17) is 51.6 Å². The quantitative estimate of drug-likeness (QED) is 0.0631. The third-order valence-corrected chi connectivity index (χ3v) is 22.7. The number of aliphatic hydroxyl groups is 3. The minimum absolute atomic E-state index is 0.169. The van der Waals surface area contributed by atoms with Gasteiger partial charge in [-0.15, -0.1) is 0 Å². The van der Waals surface area contributed by atoms with Gasteiger partial charge in [0.05, 0.1) is 28.8 Å². The van der Waals surface area contributed by atoms with E-state index in [1.165, 1.54) is 66.4 Å². The van der Waals surface area contributed by atoms with Crippen molar-refractivity contribution in [2.24, 2.45) is 0 Å². The van der Waals surface area contributed by atoms with Gasteiger partial charge in [0.25, 0.3) is 0 Å². The van der Waals surface area contributed by atoms with Crippen molar-refractivity contribution in [1.82, 2.24) is 41.8 Å². The fraction of sp³-hybridized carbons (Fsp3) is 0.200. The lowest BCUT2D eigenvalue weighted by atomic mass is 9.89. The largest absolute Gasteiger partial charge is 0.508 e. The van der Waals surface area contributed by atoms with Crippen LogP contribution in [0.5, 0.6) is 69.0 Å². The highest BCUT2D eigenvalue weighted by Gasteiger charge is 2.50. The number of methoxy groups -OCH3 is 1. The summed E-state index contributed by atoms with van der Waals surface area (Å²) >= 11 is 15.8. The standard InChI is InChI=1S/C85H70Cl2N8O23S/c1-36(97)88-70-75(105)74(104)64(35-96)117-85(70)118-76-42-15-19-60(54(87)27-42)116-63-30-44-29-62(73(63)103)115-59-18-12-37(20-53(59)86)21-55-77(106)90-67(79(108)92-68(44)80(109)91-66-40-13-16-56(100)51(26-40)65-52(32-47(99)33-58(65)102)69(84(112)113-2)93-81(110)71(76)94-78(66)107)43-23-46(98)31-48(24-43)114-61-28-41(14-17-57(61)101)72(82(111)89-55)95-34-45-22-38-8-6-7-9-39(38)25-50(45)83(95)119-49-10-4-3-5-11-49/h3-20,22-34,55,64,66-72,74-76,85,96,98-105H,21,35H2,1-2H3,(H,88,97)(H,89,111)(H,90,106)(H,91,109)(H,92,108)(H,93,110)(H,94,107)/t55-,64-,66-,67+,68-,69+,70-,71+,72-,74-,75-,76-,85+/m1/s1. The third kappa shape index (κ3) is 15.6. The summed E-state index contributed by atoms with van der Waals surface area (Å²) in [5, 5.41) is 126. The summed E-state index contributed by atoms with van der Waals surface area (Å²) in [6.45, 7) is 0.0522. The van der Waals surface area contributed by atoms with Crippen molar-refractivity contribution in [2.75, 3.05) is 13.7 Å². The fourth-order valence-electron chi connectivity index (χ4n) is 15.3. The number of fused-ring (bicyclic) bond motifs is 16. The SMILES string of the molecule is COC(=O)[C@H]1NC(=O)[C@H]2NC(=O)[C@H](NC(=O)[C@@H]3NC(=O)[C@H]4NC(=O)[C@@H](Cc5ccc(c(Cl)c5)Oc5cc3cc(c5O)Oc3ccc(cc3Cl)[C@H]2O[C@@H]2O[C@H](CO)[C@@H](O)[C@H](O)[C@H]2NC(C)=O)NC(=O)[C@H](n2cc3cc5ccccc5cc3c2Sc2ccccc2)c2ccc(O)c(c2)Oc2cc(O)cc4c2)c2ccc(O)c(c2)-c2c(O)cc(O)cc21. The van der Waals surface area contributed by atoms with E-state index < -0.39 is 207 Å². The molecule has 119 heavy (non-hydrogen) atoms. The van der Waals surface area contributed by atoms with Crippen LogP contribution in [0.15, 0.2) is 198 Å². The third-order valence-electron chi connectivity index (χ3n) is 21.0. The molecule has 31 nitrogen and oxygen atoms in total. The molecule has 16 N–H and O–H groups in total. The fourth-order valence-corrected chi connectivity index (χ4v) is 16.8. The van der Waals surface area contributed by atoms with Crippen molar-refractivity contribution in [3.05, 3.63) is 237 Å². The molecule has 1 fully saturated rings. The predicted octanol–water partition coefficient (Wildman–Crippen LogP) is 8.89. The summed E-state index contributed by atoms with van der Waals surface area (Å²) in [7, 11) is 0.928. The van der Waals surface area contributed by atoms with Crippen molar-refractivity contribution >= 4 is 104 Å². The molecule has 1 aromatic heterocycles. The number of amides is 7. The molecule has 10 aromatic carbocycles. The molecule has 7 amide bonds. The number of hydrogen-bond donors (Lipinski definition) is 16. The van der Waals surface area contributed by atoms with Crippen molar-refractivity contribution in [1.29, 1.82) is 0 Å². The number of halogens is 2. The highest BCUT2D eigenvalue weighted by Crippen LogP contribution is 2.50. The van der Waals surface area contributed by atoms with E-state index in [9.17, 15) is 55.5 Å². The number of carbonyl (C=O) groups excluding carboxylic acids is 8. The predicted molar refractivity (Wildman–Crippen MR) is 425 cm³/mol. The monoisotopic (exact) mass is 1670 g/mol. The highest BCUT2D eigenvalue weighted by molar-refractivity contribution is 7.99. The Morgan fingerprint density at radius 2 is 1.18 bits per heavy atom. The molecule has 13 atom stereocenters. The van der Waals surface area contributed by atoms with Crippen molar-refractivity contribution < 1.29 is 113 Å². The van der Waals surface area contributed by atoms with Gasteiger partial charge in [0.1, 0.15) is 107 Å². The van der Waals surface area contributed by atoms with Gasteiger partial charge >= 0.3 is 5.97 Å². The molecule has 17 bridgehead atoms. The van der Waals surface area contributed by atoms with Crippen molar-refractivity contribution in [2.45, 2.75) is 102 Å². The number of esters is 1. The van der Waals surface area contributed by atoms with Crippen LogP contribution < -0.4 is 51.4 Å². The Bertz CT molecular complexity index is 6020. The normalized spacial score (nSPS) is 23.0. The molecule has 8 heterocycles. The second-order valence-corrected chi connectivity index (χ2v) is 30.7. The van der Waals surface area contributed by atoms with Crippen molar-refractivity contribution in [3.63, 3.8) is 0 Å². The Morgan fingerprint density at radius 3 is 1.87 bits per heavy atom. The zero-order valence-corrected chi connectivity index (χ0v) is 64.5. The van der Waals surface area contributed by atoms with Gasteiger partial charge in [-0.05, 0) is 147 Å². The maximum Gasteiger partial charge on any atom is 0.333 e. The number of aromatic hydroxyl groups is 6. The van der Waals surface area contributed by atoms with Gasteiger partial charge in [0, 0.05) is 64.0 Å². The molecule has 0 radical (unpaired) electrons. The maximum absolute atomic E-state index is 16.5. The van der Waals surface area contributed by atoms with Gasteiger partial charge in [0.2, 0.25) is 47.1 Å². The number of aliphatic hydroxyl groups excluding tert-OH is 3. The summed E-state index contributed by atoms with van der Waals surface area (Å²) in [4.78, 5) is 125. The number of aromatic nitrogens is 1. The first-order chi connectivity index (χ1) is 57.1. The molecule has 11 aromatic rings. The molecule has 18 rings (SSSR count). The summed E-state index contributed by atoms with van der Waals surface area (Å²) < 4.78 is 38.9. The van der Waals surface area contributed by atoms with E-state index in [-0.39, 0.29) is 61.4 Å². The van der Waals surface area contributed by atoms with E-state index in [1.54, 1.807) is 10.8 Å². The number of rotatable bonds is 8. The lowest BCUT2D eigenvalue weighted by molar-refractivity contribution is -0.284. The molecule has 0 aliphatic carbocycles. The van der Waals surface area contributed by atoms with Crippen LogP contribution in [0.4, 0.5) is 0 Å². The average molecular weight is 1670 g/mol. The van der Waals surface area contributed by atoms with Crippen molar-refractivity contribution in [3.8, 4) is 80.1 Å². The number of carbonyl (C=O) groups is 8. The smallest absolute Gasteiger partial charge is 0.333 e. The Kier molecular flexibility index (Phi) is 21.6. The number of benzene rings is 10. The molecule has 7 aliphatic rings. The first-order valence-electron chi connectivity index (χ1n) is 36.9. The van der Waals surface area contributed by atoms with Gasteiger partial charge in [-0.25, -0.2) is 4.79 Å². The lowest BCUT2D eigenvalue weighted by Crippen LogP contribution is -2.65. The van der Waals surface area contributed by atoms with Gasteiger partial charge in [-0.3, -0.25) is 33.6 Å². The van der Waals surface area contributed by atoms with Crippen LogP contribution in [0.25, 0.3) is 32.7 Å². The molecule has 0 saturated carbocycles. The number of phenolic OH excluding ortho intramolecular Hbond substituents is 6. The van der Waals surface area contributed by atoms with Crippen LogP contribution in [0.1, 0.15) is 82.2 Å². The Morgan fingerprint density at radius 1 is 0.555 bits per heavy atom. The van der Waals surface area contributed by atoms with E-state index in [1.807, 2.05) is 66.7 Å². The Hall–Kier alpha value is -13.3. The van der Waals surface area contributed by atoms with Crippen LogP contribution in [0, 0.1) is 0 Å². The Balaban J connectivity index is 0.886. The second-order valence-electron chi connectivity index (χ2n) is 28.8. The molecule has 7 aliphatic heterocycles. The number of ether oxygens (including phenoxy) is 6. The highest BCUT2D eigenvalue weighted by atomic mass is 35.5. The number of hydrogen-bond acceptors (Lipinski definition) is 24. The molecule has 0 unspecified atom stereocenters. The first kappa shape index (κ1) is 79.5. The van der Waals surface area contributed by atoms with Crippen LogP contribution in [-0.2, 0) is 59.0 Å². The van der Waals surface area contributed by atoms with E-state index in [2.05, 4.69) is 37.2 Å². The van der Waals surface area contributed by atoms with Crippen LogP contribution in [-0.4, -0.2) is 154 Å². The summed E-state index contributed by atoms with van der Waals surface area (Å²) in [6.07, 6.45) is -8.38. The van der Waals surface area contributed by atoms with Gasteiger partial charge in [0.15, 0.2) is 35.3 Å². The zero-order chi connectivity index (χ0) is 83.7.